The molecule has 2 rings (SSSR count). The van der Waals surface area contributed by atoms with Crippen molar-refractivity contribution in [1.82, 2.24) is 9.97 Å². The molecule has 0 unspecified atom stereocenters. The molecule has 1 aromatic rings. The Bertz CT molecular complexity index is 355. The highest BCUT2D eigenvalue weighted by molar-refractivity contribution is 7.71. The molecule has 5 heteroatoms. The van der Waals surface area contributed by atoms with Gasteiger partial charge in [-0.1, -0.05) is 0 Å². The van der Waals surface area contributed by atoms with E-state index in [-0.39, 0.29) is 0 Å². The van der Waals surface area contributed by atoms with E-state index in [9.17, 15) is 0 Å². The zero-order valence-electron chi connectivity index (χ0n) is 7.42. The lowest BCUT2D eigenvalue weighted by molar-refractivity contribution is 1.07. The highest BCUT2D eigenvalue weighted by Gasteiger charge is 2.21. The van der Waals surface area contributed by atoms with Crippen LogP contribution in [0.2, 0.25) is 0 Å². The highest BCUT2D eigenvalue weighted by atomic mass is 32.1. The first-order chi connectivity index (χ1) is 6.28. The van der Waals surface area contributed by atoms with Crippen LogP contribution in [0.15, 0.2) is 6.07 Å². The molecule has 0 aliphatic heterocycles. The Kier molecular flexibility index (Phi) is 2.18. The van der Waals surface area contributed by atoms with E-state index in [2.05, 4.69) is 20.6 Å². The van der Waals surface area contributed by atoms with Crippen LogP contribution in [0.5, 0.6) is 0 Å². The second-order valence-electron chi connectivity index (χ2n) is 3.15. The molecule has 70 valence electrons. The van der Waals surface area contributed by atoms with Gasteiger partial charge in [0.25, 0.3) is 0 Å². The van der Waals surface area contributed by atoms with Gasteiger partial charge in [-0.05, 0) is 25.1 Å². The summed E-state index contributed by atoms with van der Waals surface area (Å²) in [7, 11) is 1.83. The molecule has 0 aromatic carbocycles. The van der Waals surface area contributed by atoms with Gasteiger partial charge >= 0.3 is 0 Å². The Balaban J connectivity index is 2.22. The fourth-order valence-corrected chi connectivity index (χ4v) is 1.32. The normalized spacial score (nSPS) is 15.5. The molecular weight excluding hydrogens is 184 g/mol. The Labute approximate surface area is 81.8 Å². The molecule has 4 nitrogen and oxygen atoms in total. The Hall–Kier alpha value is -1.10. The lowest BCUT2D eigenvalue weighted by Gasteiger charge is -2.05. The van der Waals surface area contributed by atoms with E-state index in [4.69, 9.17) is 12.2 Å². The summed E-state index contributed by atoms with van der Waals surface area (Å²) in [5.41, 5.74) is 0. The van der Waals surface area contributed by atoms with Crippen molar-refractivity contribution in [3.8, 4) is 0 Å². The fourth-order valence-electron chi connectivity index (χ4n) is 1.11. The number of H-pyrrole nitrogens is 1. The molecule has 1 heterocycles. The van der Waals surface area contributed by atoms with Gasteiger partial charge in [0, 0.05) is 19.2 Å². The monoisotopic (exact) mass is 196 g/mol. The maximum absolute atomic E-state index is 4.98. The van der Waals surface area contributed by atoms with Crippen LogP contribution in [0, 0.1) is 4.77 Å². The Morgan fingerprint density at radius 2 is 2.38 bits per heavy atom. The first kappa shape index (κ1) is 8.50. The highest BCUT2D eigenvalue weighted by Crippen LogP contribution is 2.24. The maximum Gasteiger partial charge on any atom is 0.200 e. The summed E-state index contributed by atoms with van der Waals surface area (Å²) in [4.78, 5) is 7.09. The molecule has 0 atom stereocenters. The van der Waals surface area contributed by atoms with E-state index in [0.29, 0.717) is 10.8 Å². The molecule has 1 aromatic heterocycles. The van der Waals surface area contributed by atoms with Crippen LogP contribution in [-0.4, -0.2) is 23.1 Å². The number of aromatic amines is 1. The minimum atomic E-state index is 0.509. The number of anilines is 2. The summed E-state index contributed by atoms with van der Waals surface area (Å²) < 4.78 is 0.509. The van der Waals surface area contributed by atoms with Crippen molar-refractivity contribution in [2.45, 2.75) is 18.9 Å². The van der Waals surface area contributed by atoms with Gasteiger partial charge < -0.3 is 15.6 Å². The van der Waals surface area contributed by atoms with Crippen LogP contribution in [0.3, 0.4) is 0 Å². The van der Waals surface area contributed by atoms with Gasteiger partial charge in [-0.2, -0.15) is 0 Å². The summed E-state index contributed by atoms with van der Waals surface area (Å²) in [6.45, 7) is 0. The predicted octanol–water partition coefficient (Wildman–Crippen LogP) is 1.76. The topological polar surface area (TPSA) is 52.7 Å². The van der Waals surface area contributed by atoms with Crippen LogP contribution < -0.4 is 10.6 Å². The molecule has 0 saturated heterocycles. The third kappa shape index (κ3) is 2.18. The molecule has 1 aliphatic carbocycles. The predicted molar refractivity (Wildman–Crippen MR) is 55.6 cm³/mol. The molecule has 0 spiro atoms. The molecule has 1 aliphatic rings. The smallest absolute Gasteiger partial charge is 0.200 e. The van der Waals surface area contributed by atoms with Gasteiger partial charge in [0.2, 0.25) is 0 Å². The van der Waals surface area contributed by atoms with E-state index in [1.54, 1.807) is 0 Å². The van der Waals surface area contributed by atoms with Crippen molar-refractivity contribution >= 4 is 23.9 Å². The summed E-state index contributed by atoms with van der Waals surface area (Å²) in [5.74, 6) is 1.75. The van der Waals surface area contributed by atoms with Crippen molar-refractivity contribution < 1.29 is 0 Å². The molecule has 3 N–H and O–H groups in total. The standard InChI is InChI=1S/C8H12N4S/c1-9-6-4-7(10-5-2-3-5)12-8(13)11-6/h4-5H,2-3H2,1H3,(H3,9,10,11,12,13). The summed E-state index contributed by atoms with van der Waals surface area (Å²) >= 11 is 4.98. The van der Waals surface area contributed by atoms with Gasteiger partial charge in [-0.25, -0.2) is 4.98 Å². The second-order valence-corrected chi connectivity index (χ2v) is 3.54. The van der Waals surface area contributed by atoms with E-state index in [0.717, 1.165) is 11.6 Å². The first-order valence-electron chi connectivity index (χ1n) is 4.33. The molecule has 0 amide bonds. The zero-order valence-corrected chi connectivity index (χ0v) is 8.24. The lowest BCUT2D eigenvalue weighted by Crippen LogP contribution is -2.05. The van der Waals surface area contributed by atoms with Crippen molar-refractivity contribution in [2.75, 3.05) is 17.7 Å². The second kappa shape index (κ2) is 3.33. The molecule has 0 radical (unpaired) electrons. The van der Waals surface area contributed by atoms with Crippen molar-refractivity contribution in [2.24, 2.45) is 0 Å². The largest absolute Gasteiger partial charge is 0.373 e. The van der Waals surface area contributed by atoms with Gasteiger partial charge in [0.1, 0.15) is 11.6 Å². The minimum Gasteiger partial charge on any atom is -0.373 e. The minimum absolute atomic E-state index is 0.509. The lowest BCUT2D eigenvalue weighted by atomic mass is 10.5. The van der Waals surface area contributed by atoms with Gasteiger partial charge in [-0.3, -0.25) is 0 Å². The van der Waals surface area contributed by atoms with Crippen molar-refractivity contribution in [1.29, 1.82) is 0 Å². The quantitative estimate of drug-likeness (QED) is 0.645. The average molecular weight is 196 g/mol. The third-order valence-corrected chi connectivity index (χ3v) is 2.13. The fraction of sp³-hybridized carbons (Fsp3) is 0.500. The van der Waals surface area contributed by atoms with Crippen LogP contribution in [0.25, 0.3) is 0 Å². The molecule has 1 fully saturated rings. The summed E-state index contributed by atoms with van der Waals surface area (Å²) in [5, 5.41) is 6.29. The van der Waals surface area contributed by atoms with Crippen molar-refractivity contribution in [3.05, 3.63) is 10.8 Å². The van der Waals surface area contributed by atoms with E-state index >= 15 is 0 Å². The van der Waals surface area contributed by atoms with Crippen LogP contribution in [0.1, 0.15) is 12.8 Å². The van der Waals surface area contributed by atoms with Gasteiger partial charge in [0.05, 0.1) is 0 Å². The van der Waals surface area contributed by atoms with Crippen LogP contribution in [-0.2, 0) is 0 Å². The molecule has 0 bridgehead atoms. The number of aromatic nitrogens is 2. The van der Waals surface area contributed by atoms with Crippen molar-refractivity contribution in [3.63, 3.8) is 0 Å². The molecule has 1 saturated carbocycles. The third-order valence-electron chi connectivity index (χ3n) is 1.94. The number of hydrogen-bond donors (Lipinski definition) is 3. The van der Waals surface area contributed by atoms with Crippen LogP contribution in [0.4, 0.5) is 11.6 Å². The average Bonchev–Trinajstić information content (AvgIpc) is 2.87. The Morgan fingerprint density at radius 3 is 3.00 bits per heavy atom. The summed E-state index contributed by atoms with van der Waals surface area (Å²) in [6, 6.07) is 2.55. The maximum atomic E-state index is 4.98. The number of nitrogens with zero attached hydrogens (tertiary/aromatic N) is 1. The van der Waals surface area contributed by atoms with Gasteiger partial charge in [0.15, 0.2) is 4.77 Å². The Morgan fingerprint density at radius 1 is 1.62 bits per heavy atom. The van der Waals surface area contributed by atoms with Gasteiger partial charge in [-0.15, -0.1) is 0 Å². The van der Waals surface area contributed by atoms with E-state index < -0.39 is 0 Å². The SMILES string of the molecule is CNc1cc(NC2CC2)[nH]c(=S)n1. The van der Waals surface area contributed by atoms with E-state index in [1.165, 1.54) is 12.8 Å². The number of nitrogens with one attached hydrogen (secondary N) is 3. The zero-order chi connectivity index (χ0) is 9.26. The number of hydrogen-bond acceptors (Lipinski definition) is 4. The molecule has 13 heavy (non-hydrogen) atoms. The first-order valence-corrected chi connectivity index (χ1v) is 4.74. The number of rotatable bonds is 3. The summed E-state index contributed by atoms with van der Waals surface area (Å²) in [6.07, 6.45) is 2.50. The van der Waals surface area contributed by atoms with E-state index in [1.807, 2.05) is 13.1 Å². The molecular formula is C8H12N4S. The van der Waals surface area contributed by atoms with Crippen LogP contribution >= 0.6 is 12.2 Å².